The van der Waals surface area contributed by atoms with E-state index in [1.165, 1.54) is 35.7 Å². The number of likely N-dealkylation sites (N-methyl/N-ethyl adjacent to an activating group) is 2. The van der Waals surface area contributed by atoms with E-state index < -0.39 is 107 Å². The van der Waals surface area contributed by atoms with Gasteiger partial charge in [0, 0.05) is 33.5 Å². The molecular formula is C44H65N5O9. The van der Waals surface area contributed by atoms with Crippen LogP contribution >= 0.6 is 0 Å². The van der Waals surface area contributed by atoms with E-state index in [2.05, 4.69) is 16.6 Å². The Bertz CT molecular complexity index is 1690. The fourth-order valence-corrected chi connectivity index (χ4v) is 7.45. The predicted molar refractivity (Wildman–Crippen MR) is 218 cm³/mol. The first-order valence-corrected chi connectivity index (χ1v) is 20.5. The number of esters is 2. The van der Waals surface area contributed by atoms with Crippen molar-refractivity contribution in [3.8, 4) is 12.3 Å². The molecule has 14 heteroatoms. The van der Waals surface area contributed by atoms with Gasteiger partial charge in [-0.2, -0.15) is 0 Å². The molecule has 1 aromatic carbocycles. The number of nitrogens with zero attached hydrogens (tertiary/aromatic N) is 3. The van der Waals surface area contributed by atoms with Crippen LogP contribution in [-0.4, -0.2) is 119 Å². The topological polar surface area (TPSA) is 172 Å². The smallest absolute Gasteiger partial charge is 0.329 e. The van der Waals surface area contributed by atoms with Crippen LogP contribution in [0.4, 0.5) is 0 Å². The number of rotatable bonds is 8. The molecule has 320 valence electrons. The van der Waals surface area contributed by atoms with Crippen molar-refractivity contribution in [2.45, 2.75) is 143 Å². The Morgan fingerprint density at radius 2 is 1.43 bits per heavy atom. The lowest BCUT2D eigenvalue weighted by Gasteiger charge is -2.38. The normalized spacial score (nSPS) is 27.4. The highest BCUT2D eigenvalue weighted by atomic mass is 16.6. The zero-order valence-corrected chi connectivity index (χ0v) is 36.2. The van der Waals surface area contributed by atoms with Gasteiger partial charge in [0.2, 0.25) is 23.6 Å². The van der Waals surface area contributed by atoms with Crippen LogP contribution in [0.25, 0.3) is 0 Å². The Labute approximate surface area is 344 Å². The molecule has 0 spiro atoms. The third-order valence-corrected chi connectivity index (χ3v) is 11.4. The maximum atomic E-state index is 14.5. The summed E-state index contributed by atoms with van der Waals surface area (Å²) in [6.45, 7) is 15.5. The molecule has 0 saturated carbocycles. The van der Waals surface area contributed by atoms with Crippen LogP contribution in [0, 0.1) is 35.5 Å². The second-order valence-electron chi connectivity index (χ2n) is 17.2. The van der Waals surface area contributed by atoms with Crippen LogP contribution in [0.5, 0.6) is 0 Å². The fourth-order valence-electron chi connectivity index (χ4n) is 7.45. The number of hydrogen-bond acceptors (Lipinski definition) is 9. The minimum Gasteiger partial charge on any atom is -0.460 e. The first-order chi connectivity index (χ1) is 27.1. The average Bonchev–Trinajstić information content (AvgIpc) is 3.66. The molecule has 0 radical (unpaired) electrons. The van der Waals surface area contributed by atoms with Crippen molar-refractivity contribution in [1.82, 2.24) is 25.3 Å². The van der Waals surface area contributed by atoms with Gasteiger partial charge < -0.3 is 34.8 Å². The molecule has 0 bridgehead atoms. The maximum absolute atomic E-state index is 14.5. The summed E-state index contributed by atoms with van der Waals surface area (Å²) in [6.07, 6.45) is 4.99. The van der Waals surface area contributed by atoms with Gasteiger partial charge in [-0.05, 0) is 69.8 Å². The molecule has 0 aromatic heterocycles. The van der Waals surface area contributed by atoms with E-state index in [4.69, 9.17) is 15.9 Å². The van der Waals surface area contributed by atoms with Crippen LogP contribution in [0.3, 0.4) is 0 Å². The summed E-state index contributed by atoms with van der Waals surface area (Å²) in [5.41, 5.74) is -0.682. The molecule has 2 fully saturated rings. The van der Waals surface area contributed by atoms with Gasteiger partial charge in [-0.3, -0.25) is 24.0 Å². The van der Waals surface area contributed by atoms with Crippen LogP contribution in [-0.2, 0) is 49.5 Å². The Morgan fingerprint density at radius 1 is 0.810 bits per heavy atom. The maximum Gasteiger partial charge on any atom is 0.329 e. The zero-order chi connectivity index (χ0) is 43.6. The summed E-state index contributed by atoms with van der Waals surface area (Å²) >= 11 is 0. The summed E-state index contributed by atoms with van der Waals surface area (Å²) in [6, 6.07) is 3.62. The Hall–Kier alpha value is -4.93. The third kappa shape index (κ3) is 11.4. The number of carbonyl (C=O) groups excluding carboxylic acids is 7. The largest absolute Gasteiger partial charge is 0.460 e. The number of fused-ring (bicyclic) bond motifs is 1. The van der Waals surface area contributed by atoms with Crippen molar-refractivity contribution in [1.29, 1.82) is 0 Å². The van der Waals surface area contributed by atoms with Gasteiger partial charge >= 0.3 is 11.9 Å². The number of ether oxygens (including phenoxy) is 2. The first-order valence-electron chi connectivity index (χ1n) is 20.5. The summed E-state index contributed by atoms with van der Waals surface area (Å²) < 4.78 is 12.1. The molecule has 2 aliphatic heterocycles. The van der Waals surface area contributed by atoms with Gasteiger partial charge in [-0.15, -0.1) is 12.3 Å². The molecule has 1 aromatic rings. The molecule has 5 amide bonds. The van der Waals surface area contributed by atoms with Crippen LogP contribution in [0.1, 0.15) is 100.0 Å². The molecule has 2 N–H and O–H groups in total. The molecule has 7 atom stereocenters. The second kappa shape index (κ2) is 20.7. The summed E-state index contributed by atoms with van der Waals surface area (Å²) in [5.74, 6) is -3.22. The molecule has 3 rings (SSSR count). The molecule has 1 unspecified atom stereocenters. The number of amides is 5. The van der Waals surface area contributed by atoms with E-state index in [-0.39, 0.29) is 19.4 Å². The van der Waals surface area contributed by atoms with Crippen molar-refractivity contribution in [3.63, 3.8) is 0 Å². The number of benzene rings is 1. The number of unbranched alkanes of at least 4 members (excludes halogenated alkanes) is 1. The van der Waals surface area contributed by atoms with Gasteiger partial charge in [0.15, 0.2) is 6.10 Å². The summed E-state index contributed by atoms with van der Waals surface area (Å²) in [7, 11) is 2.92. The van der Waals surface area contributed by atoms with E-state index in [1.807, 2.05) is 6.07 Å². The van der Waals surface area contributed by atoms with E-state index in [0.29, 0.717) is 31.2 Å². The average molecular weight is 808 g/mol. The van der Waals surface area contributed by atoms with Crippen LogP contribution < -0.4 is 10.6 Å². The monoisotopic (exact) mass is 807 g/mol. The molecule has 58 heavy (non-hydrogen) atoms. The van der Waals surface area contributed by atoms with Gasteiger partial charge in [0.05, 0.1) is 5.41 Å². The number of hydrogen-bond donors (Lipinski definition) is 2. The van der Waals surface area contributed by atoms with Gasteiger partial charge in [-0.1, -0.05) is 71.9 Å². The Balaban J connectivity index is 2.18. The lowest BCUT2D eigenvalue weighted by atomic mass is 9.82. The van der Waals surface area contributed by atoms with Crippen LogP contribution in [0.2, 0.25) is 0 Å². The number of terminal acetylenes is 1. The quantitative estimate of drug-likeness (QED) is 0.227. The first kappa shape index (κ1) is 47.4. The van der Waals surface area contributed by atoms with Crippen molar-refractivity contribution < 1.29 is 43.0 Å². The molecule has 2 aliphatic rings. The van der Waals surface area contributed by atoms with Gasteiger partial charge in [0.25, 0.3) is 5.91 Å². The van der Waals surface area contributed by atoms with Crippen molar-refractivity contribution >= 4 is 41.5 Å². The van der Waals surface area contributed by atoms with E-state index in [1.54, 1.807) is 79.7 Å². The summed E-state index contributed by atoms with van der Waals surface area (Å²) in [4.78, 5) is 103. The van der Waals surface area contributed by atoms with Gasteiger partial charge in [-0.25, -0.2) is 9.59 Å². The zero-order valence-electron chi connectivity index (χ0n) is 36.2. The minimum atomic E-state index is -1.40. The number of nitrogens with one attached hydrogen (secondary N) is 2. The lowest BCUT2D eigenvalue weighted by Crippen LogP contribution is -2.60. The third-order valence-electron chi connectivity index (χ3n) is 11.4. The van der Waals surface area contributed by atoms with Crippen LogP contribution in [0.15, 0.2) is 30.3 Å². The highest BCUT2D eigenvalue weighted by Gasteiger charge is 2.46. The lowest BCUT2D eigenvalue weighted by molar-refractivity contribution is -0.169. The van der Waals surface area contributed by atoms with Crippen molar-refractivity contribution in [3.05, 3.63) is 35.9 Å². The second-order valence-corrected chi connectivity index (χ2v) is 17.2. The van der Waals surface area contributed by atoms with Crippen molar-refractivity contribution in [2.75, 3.05) is 20.6 Å². The highest BCUT2D eigenvalue weighted by molar-refractivity contribution is 5.96. The SMILES string of the molecule is C#CCCC[C@@H]1OC(=O)C(C(C)C)NC(=O)[C@H](C)N(C)C(=O)[C@@H]2CCCN2C(=O)[C@H](Cc2ccccc2)OC(=O)[C@H](C(C)C)N(C)C(=O)[C@H](C(C)C)NC(=O)C1(C)C. The Morgan fingerprint density at radius 3 is 2.00 bits per heavy atom. The number of carbonyl (C=O) groups is 7. The summed E-state index contributed by atoms with van der Waals surface area (Å²) in [5, 5.41) is 5.64. The van der Waals surface area contributed by atoms with E-state index >= 15 is 0 Å². The predicted octanol–water partition coefficient (Wildman–Crippen LogP) is 3.50. The molecule has 2 saturated heterocycles. The fraction of sp³-hybridized carbons (Fsp3) is 0.659. The molecule has 0 aliphatic carbocycles. The Kier molecular flexibility index (Phi) is 16.9. The van der Waals surface area contributed by atoms with Gasteiger partial charge in [0.1, 0.15) is 36.3 Å². The molecule has 14 nitrogen and oxygen atoms in total. The standard InChI is InChI=1S/C44H65N5O9/c1-13-14-16-23-33-44(9,10)43(56)46-34(26(2)3)40(53)48(12)36(28(6)7)42(55)57-32(25-30-20-17-15-18-21-30)39(52)49-24-19-22-31(49)38(51)47(11)29(8)37(50)45-35(27(4)5)41(54)58-33/h1,15,17-18,20-21,26-29,31-36H,14,16,19,22-25H2,2-12H3,(H,45,50)(H,46,56)/t29-,31-,32-,33-,34-,35?,36-/m0/s1. The number of cyclic esters (lactones) is 2. The molecule has 2 heterocycles. The van der Waals surface area contributed by atoms with E-state index in [9.17, 15) is 33.6 Å². The molecular weight excluding hydrogens is 743 g/mol. The minimum absolute atomic E-state index is 0.00884. The highest BCUT2D eigenvalue weighted by Crippen LogP contribution is 2.30. The van der Waals surface area contributed by atoms with E-state index in [0.717, 1.165) is 0 Å². The van der Waals surface area contributed by atoms with Crippen molar-refractivity contribution in [2.24, 2.45) is 23.2 Å².